The molecular weight excluding hydrogens is 434 g/mol. The second-order valence-corrected chi connectivity index (χ2v) is 9.16. The summed E-state index contributed by atoms with van der Waals surface area (Å²) in [5.74, 6) is -2.60. The number of halogens is 2. The van der Waals surface area contributed by atoms with Crippen molar-refractivity contribution in [2.24, 2.45) is 5.92 Å². The highest BCUT2D eigenvalue weighted by Crippen LogP contribution is 2.31. The summed E-state index contributed by atoms with van der Waals surface area (Å²) in [4.78, 5) is 54.7. The Balaban J connectivity index is 1.76. The Hall–Kier alpha value is -3.04. The molecule has 2 fully saturated rings. The van der Waals surface area contributed by atoms with Gasteiger partial charge in [-0.15, -0.1) is 0 Å². The summed E-state index contributed by atoms with van der Waals surface area (Å²) < 4.78 is 25.9. The average Bonchev–Trinajstić information content (AvgIpc) is 3.33. The molecular formula is C23H30F2N4O4. The maximum Gasteiger partial charge on any atom is 0.315 e. The second kappa shape index (κ2) is 9.84. The zero-order valence-electron chi connectivity index (χ0n) is 19.3. The highest BCUT2D eigenvalue weighted by Gasteiger charge is 2.53. The number of carbonyl (C=O) groups is 4. The minimum Gasteiger partial charge on any atom is -0.378 e. The topological polar surface area (TPSA) is 90.0 Å². The van der Waals surface area contributed by atoms with Crippen molar-refractivity contribution in [2.45, 2.75) is 51.2 Å². The summed E-state index contributed by atoms with van der Waals surface area (Å²) in [7, 11) is 3.77. The van der Waals surface area contributed by atoms with Gasteiger partial charge in [0.05, 0.1) is 12.6 Å². The van der Waals surface area contributed by atoms with Gasteiger partial charge >= 0.3 is 6.43 Å². The molecule has 0 aliphatic carbocycles. The molecule has 2 heterocycles. The number of alkyl halides is 2. The van der Waals surface area contributed by atoms with Gasteiger partial charge in [0, 0.05) is 31.9 Å². The van der Waals surface area contributed by atoms with E-state index in [1.54, 1.807) is 24.3 Å². The number of nitrogens with one attached hydrogen (secondary N) is 1. The fourth-order valence-corrected chi connectivity index (χ4v) is 4.53. The normalized spacial score (nSPS) is 20.9. The quantitative estimate of drug-likeness (QED) is 0.661. The van der Waals surface area contributed by atoms with E-state index >= 15 is 0 Å². The van der Waals surface area contributed by atoms with Crippen LogP contribution in [0.2, 0.25) is 0 Å². The van der Waals surface area contributed by atoms with Gasteiger partial charge in [-0.2, -0.15) is 8.78 Å². The van der Waals surface area contributed by atoms with Crippen molar-refractivity contribution in [1.82, 2.24) is 15.1 Å². The maximum absolute atomic E-state index is 13.4. The van der Waals surface area contributed by atoms with Gasteiger partial charge in [-0.3, -0.25) is 19.2 Å². The fourth-order valence-electron chi connectivity index (χ4n) is 4.53. The molecule has 180 valence electrons. The van der Waals surface area contributed by atoms with Crippen LogP contribution in [-0.4, -0.2) is 85.0 Å². The van der Waals surface area contributed by atoms with Crippen molar-refractivity contribution in [1.29, 1.82) is 0 Å². The number of anilines is 1. The van der Waals surface area contributed by atoms with Crippen molar-refractivity contribution in [3.8, 4) is 0 Å². The van der Waals surface area contributed by atoms with E-state index < -0.39 is 54.6 Å². The van der Waals surface area contributed by atoms with Gasteiger partial charge in [0.25, 0.3) is 11.8 Å². The minimum absolute atomic E-state index is 0.0740. The van der Waals surface area contributed by atoms with Crippen molar-refractivity contribution < 1.29 is 28.0 Å². The number of hydrogen-bond acceptors (Lipinski definition) is 5. The smallest absolute Gasteiger partial charge is 0.315 e. The van der Waals surface area contributed by atoms with Crippen molar-refractivity contribution in [2.75, 3.05) is 32.1 Å². The molecule has 33 heavy (non-hydrogen) atoms. The third-order valence-electron chi connectivity index (χ3n) is 6.13. The minimum atomic E-state index is -3.20. The first-order chi connectivity index (χ1) is 15.5. The van der Waals surface area contributed by atoms with E-state index in [0.29, 0.717) is 12.0 Å². The summed E-state index contributed by atoms with van der Waals surface area (Å²) in [6, 6.07) is 4.35. The zero-order valence-corrected chi connectivity index (χ0v) is 19.3. The van der Waals surface area contributed by atoms with Crippen molar-refractivity contribution in [3.63, 3.8) is 0 Å². The summed E-state index contributed by atoms with van der Waals surface area (Å²) in [6.07, 6.45) is -2.61. The largest absolute Gasteiger partial charge is 0.378 e. The number of nitrogens with zero attached hydrogens (tertiary/aromatic N) is 3. The van der Waals surface area contributed by atoms with E-state index in [1.165, 1.54) is 4.90 Å². The van der Waals surface area contributed by atoms with E-state index in [4.69, 9.17) is 0 Å². The fraction of sp³-hybridized carbons (Fsp3) is 0.565. The van der Waals surface area contributed by atoms with E-state index in [9.17, 15) is 28.0 Å². The Morgan fingerprint density at radius 1 is 1.09 bits per heavy atom. The number of ketones is 1. The number of amides is 3. The molecule has 1 aromatic carbocycles. The lowest BCUT2D eigenvalue weighted by molar-refractivity contribution is -0.144. The Kier molecular flexibility index (Phi) is 7.34. The van der Waals surface area contributed by atoms with Crippen LogP contribution >= 0.6 is 0 Å². The maximum atomic E-state index is 13.4. The van der Waals surface area contributed by atoms with Crippen LogP contribution in [0.25, 0.3) is 0 Å². The predicted molar refractivity (Wildman–Crippen MR) is 118 cm³/mol. The van der Waals surface area contributed by atoms with Crippen LogP contribution in [0.15, 0.2) is 24.3 Å². The zero-order chi connectivity index (χ0) is 24.4. The lowest BCUT2D eigenvalue weighted by atomic mass is 10.0. The van der Waals surface area contributed by atoms with Gasteiger partial charge in [0.2, 0.25) is 5.91 Å². The Morgan fingerprint density at radius 3 is 2.27 bits per heavy atom. The molecule has 0 radical (unpaired) electrons. The molecule has 3 rings (SSSR count). The van der Waals surface area contributed by atoms with Gasteiger partial charge < -0.3 is 20.0 Å². The molecule has 10 heteroatoms. The third-order valence-corrected chi connectivity index (χ3v) is 6.13. The first-order valence-electron chi connectivity index (χ1n) is 11.0. The standard InChI is InChI=1S/C23H30F2N4O4/c1-13(2)11-16(26-21(31)14-5-7-15(8-6-14)27(3)4)22(32)28-10-9-17-19(28)18(30)12-29(17)23(33)20(24)25/h5-8,13,16-17,19-20H,9-12H2,1-4H3,(H,26,31)/t16-,17?,19?/m0/s1. The lowest BCUT2D eigenvalue weighted by Gasteiger charge is -2.29. The molecule has 0 spiro atoms. The molecule has 3 amide bonds. The summed E-state index contributed by atoms with van der Waals surface area (Å²) in [5.41, 5.74) is 1.32. The van der Waals surface area contributed by atoms with Crippen LogP contribution in [-0.2, 0) is 14.4 Å². The van der Waals surface area contributed by atoms with E-state index in [2.05, 4.69) is 5.32 Å². The molecule has 1 N–H and O–H groups in total. The molecule has 2 aliphatic rings. The number of fused-ring (bicyclic) bond motifs is 1. The third kappa shape index (κ3) is 5.15. The second-order valence-electron chi connectivity index (χ2n) is 9.16. The Bertz CT molecular complexity index is 920. The van der Waals surface area contributed by atoms with Crippen molar-refractivity contribution >= 4 is 29.2 Å². The Morgan fingerprint density at radius 2 is 1.73 bits per heavy atom. The number of likely N-dealkylation sites (tertiary alicyclic amines) is 2. The first kappa shape index (κ1) is 24.6. The molecule has 8 nitrogen and oxygen atoms in total. The highest BCUT2D eigenvalue weighted by molar-refractivity contribution is 6.01. The van der Waals surface area contributed by atoms with Crippen LogP contribution in [0, 0.1) is 5.92 Å². The highest BCUT2D eigenvalue weighted by atomic mass is 19.3. The number of hydrogen-bond donors (Lipinski definition) is 1. The molecule has 3 atom stereocenters. The van der Waals surface area contributed by atoms with E-state index in [1.807, 2.05) is 32.8 Å². The van der Waals surface area contributed by atoms with Crippen LogP contribution in [0.3, 0.4) is 0 Å². The van der Waals surface area contributed by atoms with Gasteiger partial charge in [0.15, 0.2) is 5.78 Å². The lowest BCUT2D eigenvalue weighted by Crippen LogP contribution is -2.53. The van der Waals surface area contributed by atoms with E-state index in [-0.39, 0.29) is 18.9 Å². The van der Waals surface area contributed by atoms with Crippen LogP contribution in [0.4, 0.5) is 14.5 Å². The molecule has 2 unspecified atom stereocenters. The molecule has 1 aromatic rings. The van der Waals surface area contributed by atoms with Gasteiger partial charge in [-0.05, 0) is 43.0 Å². The molecule has 2 aliphatic heterocycles. The number of carbonyl (C=O) groups excluding carboxylic acids is 4. The number of benzene rings is 1. The van der Waals surface area contributed by atoms with Gasteiger partial charge in [-0.25, -0.2) is 0 Å². The predicted octanol–water partition coefficient (Wildman–Crippen LogP) is 1.54. The summed E-state index contributed by atoms with van der Waals surface area (Å²) >= 11 is 0. The number of Topliss-reactive ketones (excluding diaryl/α,β-unsaturated/α-hetero) is 1. The SMILES string of the molecule is CC(C)C[C@H](NC(=O)c1ccc(N(C)C)cc1)C(=O)N1CCC2C1C(=O)CN2C(=O)C(F)F. The van der Waals surface area contributed by atoms with Gasteiger partial charge in [-0.1, -0.05) is 13.8 Å². The van der Waals surface area contributed by atoms with Crippen LogP contribution in [0.5, 0.6) is 0 Å². The average molecular weight is 465 g/mol. The first-order valence-corrected chi connectivity index (χ1v) is 11.0. The van der Waals surface area contributed by atoms with Crippen molar-refractivity contribution in [3.05, 3.63) is 29.8 Å². The van der Waals surface area contributed by atoms with Crippen LogP contribution < -0.4 is 10.2 Å². The monoisotopic (exact) mass is 464 g/mol. The molecule has 0 bridgehead atoms. The number of rotatable bonds is 7. The summed E-state index contributed by atoms with van der Waals surface area (Å²) in [6.45, 7) is 3.56. The Labute approximate surface area is 191 Å². The molecule has 2 saturated heterocycles. The summed E-state index contributed by atoms with van der Waals surface area (Å²) in [5, 5.41) is 2.78. The molecule has 0 aromatic heterocycles. The van der Waals surface area contributed by atoms with Gasteiger partial charge in [0.1, 0.15) is 12.1 Å². The molecule has 0 saturated carbocycles. The van der Waals surface area contributed by atoms with Crippen LogP contribution in [0.1, 0.15) is 37.0 Å². The van der Waals surface area contributed by atoms with E-state index in [0.717, 1.165) is 10.6 Å².